The van der Waals surface area contributed by atoms with Crippen molar-refractivity contribution >= 4 is 12.4 Å². The van der Waals surface area contributed by atoms with Gasteiger partial charge in [0, 0.05) is 29.1 Å². The normalized spacial score (nSPS) is 11.0. The summed E-state index contributed by atoms with van der Waals surface area (Å²) in [4.78, 5) is 10.4. The first-order valence-corrected chi connectivity index (χ1v) is 8.82. The Kier molecular flexibility index (Phi) is 5.69. The van der Waals surface area contributed by atoms with Crippen LogP contribution in [0.2, 0.25) is 0 Å². The highest BCUT2D eigenvalue weighted by Crippen LogP contribution is 2.30. The fourth-order valence-corrected chi connectivity index (χ4v) is 3.09. The predicted octanol–water partition coefficient (Wildman–Crippen LogP) is 5.45. The average molecular weight is 345 g/mol. The van der Waals surface area contributed by atoms with Crippen molar-refractivity contribution < 1.29 is 9.53 Å². The van der Waals surface area contributed by atoms with Crippen LogP contribution in [0.4, 0.5) is 0 Å². The number of allylic oxidation sites excluding steroid dienone is 1. The Morgan fingerprint density at radius 1 is 1.04 bits per heavy atom. The van der Waals surface area contributed by atoms with Crippen molar-refractivity contribution in [2.45, 2.75) is 20.3 Å². The number of aldehydes is 1. The summed E-state index contributed by atoms with van der Waals surface area (Å²) in [6.45, 7) is 4.58. The molecular weight excluding hydrogens is 322 g/mol. The molecule has 1 heterocycles. The Balaban J connectivity index is 1.98. The van der Waals surface area contributed by atoms with Gasteiger partial charge in [0.1, 0.15) is 12.0 Å². The summed E-state index contributed by atoms with van der Waals surface area (Å²) in [7, 11) is 0. The van der Waals surface area contributed by atoms with E-state index >= 15 is 0 Å². The molecule has 0 saturated carbocycles. The highest BCUT2D eigenvalue weighted by Gasteiger charge is 2.13. The number of rotatable bonds is 7. The topological polar surface area (TPSA) is 31.2 Å². The SMILES string of the molecule is C/C=C/c1cc(-c2ccccc2)c(C)n1-c1ccc(OCCC=O)cc1. The lowest BCUT2D eigenvalue weighted by molar-refractivity contribution is -0.108. The molecule has 132 valence electrons. The number of aromatic nitrogens is 1. The second kappa shape index (κ2) is 8.34. The molecule has 26 heavy (non-hydrogen) atoms. The molecule has 0 bridgehead atoms. The highest BCUT2D eigenvalue weighted by molar-refractivity contribution is 5.72. The van der Waals surface area contributed by atoms with Crippen LogP contribution in [0, 0.1) is 6.92 Å². The van der Waals surface area contributed by atoms with Crippen LogP contribution in [0.3, 0.4) is 0 Å². The number of carbonyl (C=O) groups is 1. The maximum absolute atomic E-state index is 10.4. The second-order valence-electron chi connectivity index (χ2n) is 6.07. The third-order valence-corrected chi connectivity index (χ3v) is 4.30. The quantitative estimate of drug-likeness (QED) is 0.421. The van der Waals surface area contributed by atoms with Crippen molar-refractivity contribution in [2.75, 3.05) is 6.61 Å². The predicted molar refractivity (Wildman–Crippen MR) is 107 cm³/mol. The van der Waals surface area contributed by atoms with Gasteiger partial charge >= 0.3 is 0 Å². The van der Waals surface area contributed by atoms with Gasteiger partial charge in [-0.2, -0.15) is 0 Å². The van der Waals surface area contributed by atoms with E-state index in [2.05, 4.69) is 54.0 Å². The molecule has 0 radical (unpaired) electrons. The van der Waals surface area contributed by atoms with Gasteiger partial charge in [-0.15, -0.1) is 0 Å². The molecule has 3 rings (SSSR count). The minimum Gasteiger partial charge on any atom is -0.493 e. The maximum Gasteiger partial charge on any atom is 0.123 e. The van der Waals surface area contributed by atoms with Crippen molar-refractivity contribution in [1.82, 2.24) is 4.57 Å². The van der Waals surface area contributed by atoms with E-state index < -0.39 is 0 Å². The van der Waals surface area contributed by atoms with E-state index in [1.807, 2.05) is 37.3 Å². The third kappa shape index (κ3) is 3.77. The van der Waals surface area contributed by atoms with E-state index in [0.29, 0.717) is 13.0 Å². The van der Waals surface area contributed by atoms with Gasteiger partial charge in [0.15, 0.2) is 0 Å². The van der Waals surface area contributed by atoms with Crippen molar-refractivity contribution in [1.29, 1.82) is 0 Å². The first-order chi connectivity index (χ1) is 12.7. The molecule has 0 spiro atoms. The summed E-state index contributed by atoms with van der Waals surface area (Å²) in [5.74, 6) is 0.774. The Morgan fingerprint density at radius 2 is 1.77 bits per heavy atom. The van der Waals surface area contributed by atoms with Crippen LogP contribution >= 0.6 is 0 Å². The third-order valence-electron chi connectivity index (χ3n) is 4.30. The standard InChI is InChI=1S/C23H23NO2/c1-3-8-21-17-23(19-9-5-4-6-10-19)18(2)24(21)20-11-13-22(14-12-20)26-16-7-15-25/h3-6,8-15,17H,7,16H2,1-2H3/b8-3+. The molecule has 0 saturated heterocycles. The van der Waals surface area contributed by atoms with Gasteiger partial charge in [0.2, 0.25) is 0 Å². The number of hydrogen-bond donors (Lipinski definition) is 0. The zero-order valence-electron chi connectivity index (χ0n) is 15.2. The van der Waals surface area contributed by atoms with Crippen LogP contribution in [-0.2, 0) is 4.79 Å². The highest BCUT2D eigenvalue weighted by atomic mass is 16.5. The molecule has 0 atom stereocenters. The lowest BCUT2D eigenvalue weighted by atomic mass is 10.1. The molecule has 0 N–H and O–H groups in total. The van der Waals surface area contributed by atoms with E-state index in [9.17, 15) is 4.79 Å². The van der Waals surface area contributed by atoms with E-state index in [1.165, 1.54) is 16.8 Å². The summed E-state index contributed by atoms with van der Waals surface area (Å²) in [5, 5.41) is 0. The van der Waals surface area contributed by atoms with Crippen molar-refractivity contribution in [3.05, 3.63) is 78.1 Å². The number of carbonyl (C=O) groups excluding carboxylic acids is 1. The summed E-state index contributed by atoms with van der Waals surface area (Å²) in [6.07, 6.45) is 5.45. The Morgan fingerprint density at radius 3 is 2.42 bits per heavy atom. The van der Waals surface area contributed by atoms with Crippen molar-refractivity contribution in [2.24, 2.45) is 0 Å². The van der Waals surface area contributed by atoms with Crippen LogP contribution in [0.15, 0.2) is 66.7 Å². The van der Waals surface area contributed by atoms with Gasteiger partial charge in [-0.25, -0.2) is 0 Å². The number of hydrogen-bond acceptors (Lipinski definition) is 2. The molecule has 0 aliphatic carbocycles. The van der Waals surface area contributed by atoms with Gasteiger partial charge < -0.3 is 14.1 Å². The molecule has 0 unspecified atom stereocenters. The summed E-state index contributed by atoms with van der Waals surface area (Å²) < 4.78 is 7.81. The molecule has 3 heteroatoms. The van der Waals surface area contributed by atoms with Crippen molar-refractivity contribution in [3.8, 4) is 22.6 Å². The van der Waals surface area contributed by atoms with E-state index in [-0.39, 0.29) is 0 Å². The monoisotopic (exact) mass is 345 g/mol. The molecule has 1 aromatic heterocycles. The zero-order chi connectivity index (χ0) is 18.4. The smallest absolute Gasteiger partial charge is 0.123 e. The van der Waals surface area contributed by atoms with Crippen LogP contribution in [-0.4, -0.2) is 17.5 Å². The first kappa shape index (κ1) is 17.7. The summed E-state index contributed by atoms with van der Waals surface area (Å²) >= 11 is 0. The minimum atomic E-state index is 0.407. The fourth-order valence-electron chi connectivity index (χ4n) is 3.09. The maximum atomic E-state index is 10.4. The number of ether oxygens (including phenoxy) is 1. The largest absolute Gasteiger partial charge is 0.493 e. The number of nitrogens with zero attached hydrogens (tertiary/aromatic N) is 1. The molecule has 0 aliphatic rings. The molecular formula is C23H23NO2. The Hall–Kier alpha value is -3.07. The molecule has 3 nitrogen and oxygen atoms in total. The second-order valence-corrected chi connectivity index (χ2v) is 6.07. The van der Waals surface area contributed by atoms with Crippen LogP contribution < -0.4 is 4.74 Å². The van der Waals surface area contributed by atoms with Gasteiger partial charge in [0.25, 0.3) is 0 Å². The molecule has 0 amide bonds. The summed E-state index contributed by atoms with van der Waals surface area (Å²) in [6, 6.07) is 20.6. The van der Waals surface area contributed by atoms with E-state index in [0.717, 1.165) is 23.4 Å². The van der Waals surface area contributed by atoms with Gasteiger partial charge in [0.05, 0.1) is 6.61 Å². The molecule has 2 aromatic carbocycles. The minimum absolute atomic E-state index is 0.407. The molecule has 0 fully saturated rings. The van der Waals surface area contributed by atoms with E-state index in [4.69, 9.17) is 4.74 Å². The van der Waals surface area contributed by atoms with Crippen LogP contribution in [0.1, 0.15) is 24.7 Å². The fraction of sp³-hybridized carbons (Fsp3) is 0.174. The summed E-state index contributed by atoms with van der Waals surface area (Å²) in [5.41, 5.74) is 5.85. The Bertz CT molecular complexity index is 890. The van der Waals surface area contributed by atoms with Crippen molar-refractivity contribution in [3.63, 3.8) is 0 Å². The van der Waals surface area contributed by atoms with E-state index in [1.54, 1.807) is 0 Å². The lowest BCUT2D eigenvalue weighted by Crippen LogP contribution is -2.01. The van der Waals surface area contributed by atoms with Crippen LogP contribution in [0.25, 0.3) is 22.9 Å². The number of benzene rings is 2. The average Bonchev–Trinajstić information content (AvgIpc) is 3.00. The molecule has 3 aromatic rings. The van der Waals surface area contributed by atoms with Gasteiger partial charge in [-0.05, 0) is 55.8 Å². The zero-order valence-corrected chi connectivity index (χ0v) is 15.2. The lowest BCUT2D eigenvalue weighted by Gasteiger charge is -2.12. The van der Waals surface area contributed by atoms with Gasteiger partial charge in [-0.3, -0.25) is 0 Å². The van der Waals surface area contributed by atoms with Crippen LogP contribution in [0.5, 0.6) is 5.75 Å². The first-order valence-electron chi connectivity index (χ1n) is 8.82. The Labute approximate surface area is 154 Å². The van der Waals surface area contributed by atoms with Gasteiger partial charge in [-0.1, -0.05) is 36.4 Å². The molecule has 0 aliphatic heterocycles.